The van der Waals surface area contributed by atoms with Crippen molar-refractivity contribution in [3.05, 3.63) is 69.3 Å². The van der Waals surface area contributed by atoms with Crippen molar-refractivity contribution in [2.75, 3.05) is 4.90 Å². The maximum atomic E-state index is 13.8. The van der Waals surface area contributed by atoms with Crippen LogP contribution in [0.5, 0.6) is 0 Å². The zero-order valence-electron chi connectivity index (χ0n) is 20.8. The summed E-state index contributed by atoms with van der Waals surface area (Å²) in [5.74, 6) is -0.111. The molecule has 1 aromatic heterocycles. The fourth-order valence-electron chi connectivity index (χ4n) is 6.08. The Kier molecular flexibility index (Phi) is 5.21. The van der Waals surface area contributed by atoms with Crippen molar-refractivity contribution in [3.8, 4) is 0 Å². The van der Waals surface area contributed by atoms with Crippen LogP contribution >= 0.6 is 11.6 Å². The van der Waals surface area contributed by atoms with E-state index in [2.05, 4.69) is 37.7 Å². The number of aryl methyl sites for hydroxylation is 2. The number of Topliss-reactive ketones (excluding diaryl/α,β-unsaturated/α-hetero) is 2. The van der Waals surface area contributed by atoms with E-state index < -0.39 is 0 Å². The van der Waals surface area contributed by atoms with Crippen LogP contribution < -0.4 is 4.90 Å². The Morgan fingerprint density at radius 1 is 0.882 bits per heavy atom. The van der Waals surface area contributed by atoms with Gasteiger partial charge in [0.1, 0.15) is 0 Å². The van der Waals surface area contributed by atoms with Crippen molar-refractivity contribution in [1.82, 2.24) is 9.78 Å². The number of rotatable bonds is 2. The number of hydrogen-bond donors (Lipinski definition) is 0. The molecule has 0 bridgehead atoms. The summed E-state index contributed by atoms with van der Waals surface area (Å²) in [7, 11) is 1.89. The predicted octanol–water partition coefficient (Wildman–Crippen LogP) is 6.27. The van der Waals surface area contributed by atoms with E-state index in [4.69, 9.17) is 11.6 Å². The minimum absolute atomic E-state index is 0.127. The molecule has 5 nitrogen and oxygen atoms in total. The number of nitrogens with zero attached hydrogens (tertiary/aromatic N) is 3. The van der Waals surface area contributed by atoms with Crippen LogP contribution in [0.2, 0.25) is 5.02 Å². The molecule has 5 rings (SSSR count). The molecule has 0 spiro atoms. The first-order chi connectivity index (χ1) is 15.9. The van der Waals surface area contributed by atoms with E-state index in [0.717, 1.165) is 52.3 Å². The van der Waals surface area contributed by atoms with Gasteiger partial charge in [-0.3, -0.25) is 14.3 Å². The maximum absolute atomic E-state index is 13.8. The molecule has 178 valence electrons. The predicted molar refractivity (Wildman–Crippen MR) is 135 cm³/mol. The van der Waals surface area contributed by atoms with Crippen molar-refractivity contribution in [1.29, 1.82) is 0 Å². The van der Waals surface area contributed by atoms with Crippen LogP contribution in [0.3, 0.4) is 0 Å². The molecular formula is C28H32ClN3O2. The lowest BCUT2D eigenvalue weighted by Crippen LogP contribution is -2.44. The van der Waals surface area contributed by atoms with E-state index in [9.17, 15) is 9.59 Å². The van der Waals surface area contributed by atoms with E-state index >= 15 is 0 Å². The van der Waals surface area contributed by atoms with Gasteiger partial charge in [0.2, 0.25) is 0 Å². The van der Waals surface area contributed by atoms with Crippen LogP contribution in [0.1, 0.15) is 70.6 Å². The largest absolute Gasteiger partial charge is 0.317 e. The highest BCUT2D eigenvalue weighted by molar-refractivity contribution is 6.30. The summed E-state index contributed by atoms with van der Waals surface area (Å²) in [6, 6.07) is 7.73. The summed E-state index contributed by atoms with van der Waals surface area (Å²) in [6.07, 6.45) is 4.44. The Labute approximate surface area is 206 Å². The van der Waals surface area contributed by atoms with Gasteiger partial charge in [-0.2, -0.15) is 5.10 Å². The van der Waals surface area contributed by atoms with E-state index in [1.165, 1.54) is 0 Å². The fourth-order valence-corrected chi connectivity index (χ4v) is 6.21. The third kappa shape index (κ3) is 3.74. The minimum atomic E-state index is -0.366. The second-order valence-electron chi connectivity index (χ2n) is 11.7. The third-order valence-electron chi connectivity index (χ3n) is 7.36. The molecular weight excluding hydrogens is 446 g/mol. The number of carbonyl (C=O) groups is 2. The lowest BCUT2D eigenvalue weighted by Gasteiger charge is -2.49. The Morgan fingerprint density at radius 3 is 1.82 bits per heavy atom. The van der Waals surface area contributed by atoms with Gasteiger partial charge in [0.15, 0.2) is 11.6 Å². The Morgan fingerprint density at radius 2 is 1.38 bits per heavy atom. The normalized spacial score (nSPS) is 22.3. The number of halogens is 1. The molecule has 0 amide bonds. The van der Waals surface area contributed by atoms with Gasteiger partial charge in [-0.25, -0.2) is 0 Å². The summed E-state index contributed by atoms with van der Waals surface area (Å²) in [5, 5.41) is 5.24. The second-order valence-corrected chi connectivity index (χ2v) is 12.1. The average Bonchev–Trinajstić information content (AvgIpc) is 3.03. The first kappa shape index (κ1) is 23.1. The highest BCUT2D eigenvalue weighted by atomic mass is 35.5. The maximum Gasteiger partial charge on any atom is 0.162 e. The molecule has 2 heterocycles. The summed E-state index contributed by atoms with van der Waals surface area (Å²) in [4.78, 5) is 29.8. The second kappa shape index (κ2) is 7.67. The molecule has 0 N–H and O–H groups in total. The van der Waals surface area contributed by atoms with Gasteiger partial charge in [0, 0.05) is 70.8 Å². The van der Waals surface area contributed by atoms with Gasteiger partial charge in [-0.05, 0) is 54.9 Å². The van der Waals surface area contributed by atoms with Crippen LogP contribution in [0, 0.1) is 17.8 Å². The molecule has 0 fully saturated rings. The number of ketones is 2. The minimum Gasteiger partial charge on any atom is -0.317 e. The molecule has 1 aromatic carbocycles. The first-order valence-corrected chi connectivity index (χ1v) is 12.3. The first-order valence-electron chi connectivity index (χ1n) is 12.0. The molecule has 0 saturated carbocycles. The van der Waals surface area contributed by atoms with E-state index in [0.29, 0.717) is 17.9 Å². The number of benzene rings is 1. The molecule has 2 aliphatic carbocycles. The monoisotopic (exact) mass is 477 g/mol. The number of hydrogen-bond acceptors (Lipinski definition) is 4. The van der Waals surface area contributed by atoms with Crippen molar-refractivity contribution >= 4 is 28.9 Å². The molecule has 2 aromatic rings. The van der Waals surface area contributed by atoms with Crippen LogP contribution in [0.25, 0.3) is 0 Å². The fraction of sp³-hybridized carbons (Fsp3) is 0.464. The van der Waals surface area contributed by atoms with E-state index in [1.807, 2.05) is 44.4 Å². The number of allylic oxidation sites excluding steroid dienone is 4. The third-order valence-corrected chi connectivity index (χ3v) is 7.61. The van der Waals surface area contributed by atoms with Gasteiger partial charge in [0.05, 0.1) is 5.69 Å². The lowest BCUT2D eigenvalue weighted by molar-refractivity contribution is -0.119. The number of anilines is 1. The van der Waals surface area contributed by atoms with Crippen LogP contribution in [-0.4, -0.2) is 21.3 Å². The zero-order chi connectivity index (χ0) is 24.6. The smallest absolute Gasteiger partial charge is 0.162 e. The number of carbonyl (C=O) groups excluding carboxylic acids is 2. The Balaban J connectivity index is 1.84. The van der Waals surface area contributed by atoms with Crippen molar-refractivity contribution in [3.63, 3.8) is 0 Å². The summed E-state index contributed by atoms with van der Waals surface area (Å²) >= 11 is 6.23. The SMILES string of the molecule is Cc1nn(C)cc1C1C2=C(CC(C)(C)CC2=O)N(c2ccc(Cl)cc2)C2=C1C(=O)CC(C)(C)C2. The van der Waals surface area contributed by atoms with Crippen LogP contribution in [0.15, 0.2) is 53.0 Å². The molecule has 0 saturated heterocycles. The van der Waals surface area contributed by atoms with Gasteiger partial charge < -0.3 is 4.90 Å². The van der Waals surface area contributed by atoms with Crippen molar-refractivity contribution in [2.45, 2.75) is 66.2 Å². The van der Waals surface area contributed by atoms with Crippen LogP contribution in [-0.2, 0) is 16.6 Å². The molecule has 6 heteroatoms. The average molecular weight is 478 g/mol. The molecule has 0 atom stereocenters. The molecule has 34 heavy (non-hydrogen) atoms. The number of aromatic nitrogens is 2. The Bertz CT molecular complexity index is 1220. The summed E-state index contributed by atoms with van der Waals surface area (Å²) in [5.41, 5.74) is 5.99. The van der Waals surface area contributed by atoms with E-state index in [-0.39, 0.29) is 28.3 Å². The van der Waals surface area contributed by atoms with E-state index in [1.54, 1.807) is 4.68 Å². The van der Waals surface area contributed by atoms with Gasteiger partial charge in [-0.1, -0.05) is 39.3 Å². The van der Waals surface area contributed by atoms with Crippen molar-refractivity contribution < 1.29 is 9.59 Å². The molecule has 1 aliphatic heterocycles. The highest BCUT2D eigenvalue weighted by Crippen LogP contribution is 2.55. The van der Waals surface area contributed by atoms with Gasteiger partial charge >= 0.3 is 0 Å². The molecule has 3 aliphatic rings. The van der Waals surface area contributed by atoms with Crippen LogP contribution in [0.4, 0.5) is 5.69 Å². The highest BCUT2D eigenvalue weighted by Gasteiger charge is 2.49. The van der Waals surface area contributed by atoms with Gasteiger partial charge in [0.25, 0.3) is 0 Å². The summed E-state index contributed by atoms with van der Waals surface area (Å²) < 4.78 is 1.78. The van der Waals surface area contributed by atoms with Gasteiger partial charge in [-0.15, -0.1) is 0 Å². The summed E-state index contributed by atoms with van der Waals surface area (Å²) in [6.45, 7) is 10.6. The Hall–Kier alpha value is -2.66. The molecule has 0 unspecified atom stereocenters. The zero-order valence-corrected chi connectivity index (χ0v) is 21.6. The standard InChI is InChI=1S/C28H32ClN3O2/c1-16-19(15-31(6)30-16)24-25-20(11-27(2,3)13-22(25)33)32(18-9-7-17(29)8-10-18)21-12-28(4,5)14-23(34)26(21)24/h7-10,15,24H,11-14H2,1-6H3. The quantitative estimate of drug-likeness (QED) is 0.511. The lowest BCUT2D eigenvalue weighted by atomic mass is 9.63. The molecule has 0 radical (unpaired) electrons. The topological polar surface area (TPSA) is 55.2 Å². The van der Waals surface area contributed by atoms with Crippen molar-refractivity contribution in [2.24, 2.45) is 17.9 Å².